The van der Waals surface area contributed by atoms with Crippen LogP contribution in [0.2, 0.25) is 0 Å². The van der Waals surface area contributed by atoms with E-state index >= 15 is 0 Å². The Kier molecular flexibility index (Phi) is 7.72. The van der Waals surface area contributed by atoms with Crippen molar-refractivity contribution >= 4 is 22.6 Å². The van der Waals surface area contributed by atoms with Crippen molar-refractivity contribution in [1.29, 1.82) is 0 Å². The first-order valence-corrected chi connectivity index (χ1v) is 11.7. The highest BCUT2D eigenvalue weighted by Crippen LogP contribution is 2.44. The fourth-order valence-electron chi connectivity index (χ4n) is 4.72. The number of amides is 1. The second-order valence-electron chi connectivity index (χ2n) is 8.62. The highest BCUT2D eigenvalue weighted by Gasteiger charge is 2.25. The lowest BCUT2D eigenvalue weighted by Crippen LogP contribution is -2.42. The van der Waals surface area contributed by atoms with Crippen LogP contribution in [0.25, 0.3) is 10.9 Å². The van der Waals surface area contributed by atoms with Crippen LogP contribution in [-0.2, 0) is 11.3 Å². The molecule has 2 aromatic rings. The monoisotopic (exact) mass is 457 g/mol. The summed E-state index contributed by atoms with van der Waals surface area (Å²) in [5.41, 5.74) is 1.92. The summed E-state index contributed by atoms with van der Waals surface area (Å²) in [7, 11) is 4.87. The molecule has 2 bridgehead atoms. The van der Waals surface area contributed by atoms with Crippen LogP contribution in [0.15, 0.2) is 12.1 Å². The van der Waals surface area contributed by atoms with E-state index in [-0.39, 0.29) is 5.91 Å². The highest BCUT2D eigenvalue weighted by atomic mass is 16.5. The zero-order chi connectivity index (χ0) is 23.2. The number of fused-ring (bicyclic) bond motifs is 5. The van der Waals surface area contributed by atoms with Gasteiger partial charge >= 0.3 is 0 Å². The lowest BCUT2D eigenvalue weighted by molar-refractivity contribution is -0.121. The Hall–Kier alpha value is -2.78. The molecule has 1 fully saturated rings. The molecule has 3 N–H and O–H groups in total. The van der Waals surface area contributed by atoms with Crippen LogP contribution in [-0.4, -0.2) is 71.5 Å². The molecule has 9 heteroatoms. The van der Waals surface area contributed by atoms with Gasteiger partial charge < -0.3 is 35.1 Å². The number of rotatable bonds is 3. The number of carbonyl (C=O) groups is 1. The van der Waals surface area contributed by atoms with Crippen molar-refractivity contribution < 1.29 is 19.0 Å². The normalized spacial score (nSPS) is 20.3. The van der Waals surface area contributed by atoms with Gasteiger partial charge in [-0.15, -0.1) is 0 Å². The minimum atomic E-state index is 0.111. The van der Waals surface area contributed by atoms with Crippen LogP contribution >= 0.6 is 0 Å². The number of pyridine rings is 1. The number of carbonyl (C=O) groups excluding carboxylic acids is 1. The number of hydrogen-bond acceptors (Lipinski definition) is 8. The molecule has 0 radical (unpaired) electrons. The van der Waals surface area contributed by atoms with E-state index in [2.05, 4.69) is 26.9 Å². The van der Waals surface area contributed by atoms with Gasteiger partial charge in [0.2, 0.25) is 11.7 Å². The van der Waals surface area contributed by atoms with Crippen molar-refractivity contribution in [3.8, 4) is 17.2 Å². The molecular weight excluding hydrogens is 422 g/mol. The van der Waals surface area contributed by atoms with Crippen LogP contribution in [0.1, 0.15) is 24.8 Å². The summed E-state index contributed by atoms with van der Waals surface area (Å²) >= 11 is 0. The molecule has 33 heavy (non-hydrogen) atoms. The van der Waals surface area contributed by atoms with Crippen molar-refractivity contribution in [2.75, 3.05) is 65.5 Å². The summed E-state index contributed by atoms with van der Waals surface area (Å²) < 4.78 is 16.9. The first kappa shape index (κ1) is 23.4. The van der Waals surface area contributed by atoms with E-state index in [1.54, 1.807) is 21.3 Å². The fourth-order valence-corrected chi connectivity index (χ4v) is 4.72. The number of methoxy groups -OCH3 is 3. The molecule has 1 aromatic carbocycles. The van der Waals surface area contributed by atoms with Crippen LogP contribution < -0.4 is 35.1 Å². The average molecular weight is 458 g/mol. The van der Waals surface area contributed by atoms with Gasteiger partial charge in [-0.2, -0.15) is 0 Å². The van der Waals surface area contributed by atoms with Gasteiger partial charge in [0.15, 0.2) is 11.5 Å². The second kappa shape index (κ2) is 10.9. The second-order valence-corrected chi connectivity index (χ2v) is 8.62. The van der Waals surface area contributed by atoms with E-state index in [1.165, 1.54) is 0 Å². The third-order valence-electron chi connectivity index (χ3n) is 6.41. The number of benzene rings is 1. The van der Waals surface area contributed by atoms with Crippen LogP contribution in [0, 0.1) is 5.92 Å². The van der Waals surface area contributed by atoms with E-state index in [0.29, 0.717) is 49.2 Å². The van der Waals surface area contributed by atoms with E-state index in [1.807, 2.05) is 6.07 Å². The molecule has 1 aromatic heterocycles. The zero-order valence-electron chi connectivity index (χ0n) is 19.8. The third-order valence-corrected chi connectivity index (χ3v) is 6.41. The smallest absolute Gasteiger partial charge is 0.221 e. The van der Waals surface area contributed by atoms with Gasteiger partial charge in [-0.25, -0.2) is 4.98 Å². The largest absolute Gasteiger partial charge is 0.493 e. The minimum Gasteiger partial charge on any atom is -0.493 e. The van der Waals surface area contributed by atoms with Gasteiger partial charge in [0.25, 0.3) is 0 Å². The Morgan fingerprint density at radius 1 is 1.03 bits per heavy atom. The van der Waals surface area contributed by atoms with Gasteiger partial charge in [0.05, 0.1) is 26.8 Å². The molecule has 1 unspecified atom stereocenters. The van der Waals surface area contributed by atoms with E-state index in [0.717, 1.165) is 61.3 Å². The number of anilines is 1. The molecule has 4 rings (SSSR count). The lowest BCUT2D eigenvalue weighted by atomic mass is 9.97. The number of aromatic nitrogens is 1. The topological polar surface area (TPSA) is 97.0 Å². The zero-order valence-corrected chi connectivity index (χ0v) is 19.8. The summed E-state index contributed by atoms with van der Waals surface area (Å²) in [6.07, 6.45) is 2.69. The molecule has 0 saturated carbocycles. The molecule has 1 saturated heterocycles. The maximum absolute atomic E-state index is 12.2. The van der Waals surface area contributed by atoms with E-state index in [4.69, 9.17) is 19.2 Å². The molecule has 180 valence electrons. The molecule has 0 spiro atoms. The molecule has 2 aliphatic heterocycles. The molecule has 2 aliphatic rings. The van der Waals surface area contributed by atoms with Gasteiger partial charge in [0.1, 0.15) is 5.82 Å². The molecule has 1 atom stereocenters. The van der Waals surface area contributed by atoms with E-state index < -0.39 is 0 Å². The Bertz CT molecular complexity index is 983. The van der Waals surface area contributed by atoms with Crippen molar-refractivity contribution in [2.45, 2.75) is 25.8 Å². The van der Waals surface area contributed by atoms with Crippen molar-refractivity contribution in [3.05, 3.63) is 17.7 Å². The van der Waals surface area contributed by atoms with Gasteiger partial charge in [-0.1, -0.05) is 0 Å². The Balaban J connectivity index is 1.76. The standard InChI is InChI=1S/C24H35N5O4/c1-31-20-12-19-18(22(32-2)23(20)33-3)11-17-14-26-9-8-25-7-6-21(30)27-13-16-5-4-10-29(15-16)24(17)28-19/h11-12,16,25-26H,4-10,13-15H2,1-3H3,(H,27,30). The van der Waals surface area contributed by atoms with Gasteiger partial charge in [-0.05, 0) is 24.8 Å². The summed E-state index contributed by atoms with van der Waals surface area (Å²) in [6.45, 7) is 5.49. The molecular formula is C24H35N5O4. The third kappa shape index (κ3) is 5.25. The maximum atomic E-state index is 12.2. The Labute approximate surface area is 195 Å². The molecule has 3 heterocycles. The van der Waals surface area contributed by atoms with Crippen molar-refractivity contribution in [2.24, 2.45) is 5.92 Å². The quantitative estimate of drug-likeness (QED) is 0.641. The summed E-state index contributed by atoms with van der Waals surface area (Å²) in [6, 6.07) is 4.06. The maximum Gasteiger partial charge on any atom is 0.221 e. The fraction of sp³-hybridized carbons (Fsp3) is 0.583. The number of ether oxygens (including phenoxy) is 3. The van der Waals surface area contributed by atoms with Crippen LogP contribution in [0.5, 0.6) is 17.2 Å². The molecule has 1 amide bonds. The summed E-state index contributed by atoms with van der Waals surface area (Å²) in [4.78, 5) is 19.6. The predicted molar refractivity (Wildman–Crippen MR) is 129 cm³/mol. The number of nitrogens with zero attached hydrogens (tertiary/aromatic N) is 2. The number of piperidine rings is 1. The van der Waals surface area contributed by atoms with Gasteiger partial charge in [-0.3, -0.25) is 4.79 Å². The first-order valence-electron chi connectivity index (χ1n) is 11.7. The molecule has 0 aliphatic carbocycles. The summed E-state index contributed by atoms with van der Waals surface area (Å²) in [5.74, 6) is 3.27. The average Bonchev–Trinajstić information content (AvgIpc) is 2.85. The Morgan fingerprint density at radius 2 is 1.85 bits per heavy atom. The van der Waals surface area contributed by atoms with Crippen LogP contribution in [0.3, 0.4) is 0 Å². The highest BCUT2D eigenvalue weighted by molar-refractivity contribution is 5.92. The lowest BCUT2D eigenvalue weighted by Gasteiger charge is -2.35. The van der Waals surface area contributed by atoms with Crippen LogP contribution in [0.4, 0.5) is 5.82 Å². The minimum absolute atomic E-state index is 0.111. The van der Waals surface area contributed by atoms with Crippen molar-refractivity contribution in [3.63, 3.8) is 0 Å². The van der Waals surface area contributed by atoms with Crippen molar-refractivity contribution in [1.82, 2.24) is 20.9 Å². The van der Waals surface area contributed by atoms with Gasteiger partial charge in [0, 0.05) is 69.3 Å². The molecule has 9 nitrogen and oxygen atoms in total. The predicted octanol–water partition coefficient (Wildman–Crippen LogP) is 1.68. The Morgan fingerprint density at radius 3 is 2.64 bits per heavy atom. The van der Waals surface area contributed by atoms with E-state index in [9.17, 15) is 4.79 Å². The SMILES string of the molecule is COc1cc2nc3c(cc2c(OC)c1OC)CNCCNCCC(=O)NCC1CCCN3C1. The first-order chi connectivity index (χ1) is 16.1. The summed E-state index contributed by atoms with van der Waals surface area (Å²) in [5, 5.41) is 10.9. The number of nitrogens with one attached hydrogen (secondary N) is 3. The number of hydrogen-bond donors (Lipinski definition) is 3.